The first-order chi connectivity index (χ1) is 14.4. The van der Waals surface area contributed by atoms with Crippen LogP contribution in [0.4, 0.5) is 4.79 Å². The van der Waals surface area contributed by atoms with E-state index in [1.54, 1.807) is 13.0 Å². The molecule has 0 saturated heterocycles. The Bertz CT molecular complexity index is 826. The summed E-state index contributed by atoms with van der Waals surface area (Å²) in [6.45, 7) is 8.27. The molecule has 2 N–H and O–H groups in total. The smallest absolute Gasteiger partial charge is 0.338 e. The molecule has 1 aliphatic heterocycles. The zero-order valence-corrected chi connectivity index (χ0v) is 19.2. The molecule has 0 aromatic heterocycles. The van der Waals surface area contributed by atoms with E-state index >= 15 is 0 Å². The number of amides is 2. The van der Waals surface area contributed by atoms with Crippen molar-refractivity contribution in [2.45, 2.75) is 53.0 Å². The van der Waals surface area contributed by atoms with Gasteiger partial charge in [-0.3, -0.25) is 0 Å². The van der Waals surface area contributed by atoms with Gasteiger partial charge in [-0.2, -0.15) is 0 Å². The van der Waals surface area contributed by atoms with E-state index in [-0.39, 0.29) is 16.7 Å². The summed E-state index contributed by atoms with van der Waals surface area (Å²) >= 11 is 13.0. The molecule has 2 rings (SSSR count). The van der Waals surface area contributed by atoms with Gasteiger partial charge in [-0.05, 0) is 39.7 Å². The Balaban J connectivity index is 2.70. The van der Waals surface area contributed by atoms with Crippen LogP contribution in [0.3, 0.4) is 0 Å². The first-order valence-electron chi connectivity index (χ1n) is 10.1. The molecule has 1 atom stereocenters. The van der Waals surface area contributed by atoms with Crippen LogP contribution in [-0.4, -0.2) is 31.8 Å². The summed E-state index contributed by atoms with van der Waals surface area (Å²) in [6.07, 6.45) is 2.23. The average Bonchev–Trinajstić information content (AvgIpc) is 2.71. The quantitative estimate of drug-likeness (QED) is 0.473. The van der Waals surface area contributed by atoms with Gasteiger partial charge in [0.2, 0.25) is 0 Å². The molecule has 0 fully saturated rings. The van der Waals surface area contributed by atoms with E-state index in [4.69, 9.17) is 37.4 Å². The Morgan fingerprint density at radius 1 is 1.07 bits per heavy atom. The lowest BCUT2D eigenvalue weighted by atomic mass is 9.92. The molecule has 0 radical (unpaired) electrons. The number of esters is 1. The van der Waals surface area contributed by atoms with Gasteiger partial charge in [0.15, 0.2) is 5.75 Å². The maximum Gasteiger partial charge on any atom is 0.338 e. The van der Waals surface area contributed by atoms with E-state index < -0.39 is 18.0 Å². The number of rotatable bonds is 10. The fraction of sp³-hybridized carbons (Fsp3) is 0.524. The maximum absolute atomic E-state index is 12.9. The summed E-state index contributed by atoms with van der Waals surface area (Å²) in [5.74, 6) is 0.0710. The van der Waals surface area contributed by atoms with Crippen LogP contribution >= 0.6 is 23.2 Å². The summed E-state index contributed by atoms with van der Waals surface area (Å²) in [5.41, 5.74) is 1.29. The number of ether oxygens (including phenoxy) is 3. The zero-order valence-electron chi connectivity index (χ0n) is 17.7. The molecule has 1 aliphatic rings. The third-order valence-corrected chi connectivity index (χ3v) is 5.10. The van der Waals surface area contributed by atoms with Crippen LogP contribution in [0.25, 0.3) is 0 Å². The predicted octanol–water partition coefficient (Wildman–Crippen LogP) is 5.15. The highest BCUT2D eigenvalue weighted by molar-refractivity contribution is 6.38. The van der Waals surface area contributed by atoms with Crippen molar-refractivity contribution in [2.75, 3.05) is 19.8 Å². The summed E-state index contributed by atoms with van der Waals surface area (Å²) in [6, 6.07) is 0.343. The highest BCUT2D eigenvalue weighted by atomic mass is 35.5. The second kappa shape index (κ2) is 11.3. The van der Waals surface area contributed by atoms with Crippen LogP contribution in [0.1, 0.15) is 58.6 Å². The Morgan fingerprint density at radius 2 is 1.73 bits per heavy atom. The number of carbonyl (C=O) groups excluding carboxylic acids is 2. The molecule has 1 aromatic carbocycles. The number of halogens is 2. The lowest BCUT2D eigenvalue weighted by Crippen LogP contribution is -2.46. The minimum absolute atomic E-state index is 0.187. The molecule has 1 unspecified atom stereocenters. The molecule has 166 valence electrons. The van der Waals surface area contributed by atoms with Crippen molar-refractivity contribution in [1.29, 1.82) is 0 Å². The molecule has 0 aliphatic carbocycles. The Labute approximate surface area is 187 Å². The minimum Gasteiger partial charge on any atom is -0.492 e. The van der Waals surface area contributed by atoms with E-state index in [9.17, 15) is 9.59 Å². The molecule has 0 bridgehead atoms. The summed E-state index contributed by atoms with van der Waals surface area (Å²) in [7, 11) is 0. The van der Waals surface area contributed by atoms with Crippen molar-refractivity contribution in [3.05, 3.63) is 32.9 Å². The van der Waals surface area contributed by atoms with Gasteiger partial charge in [0.1, 0.15) is 10.8 Å². The highest BCUT2D eigenvalue weighted by Gasteiger charge is 2.36. The standard InChI is InChI=1S/C21H28Cl2N2O5/c1-5-9-10-14-15(20(26)30-8-4)17(25-21(27)24-14)12-11-13(22)19(29-7-3)16(23)18(12)28-6-2/h11,17H,5-10H2,1-4H3,(H2,24,25,27). The first kappa shape index (κ1) is 24.2. The number of benzene rings is 1. The number of carbonyl (C=O) groups is 2. The second-order valence-electron chi connectivity index (χ2n) is 6.53. The number of hydrogen-bond acceptors (Lipinski definition) is 5. The Morgan fingerprint density at radius 3 is 2.33 bits per heavy atom. The predicted molar refractivity (Wildman–Crippen MR) is 116 cm³/mol. The van der Waals surface area contributed by atoms with E-state index in [1.807, 2.05) is 20.8 Å². The summed E-state index contributed by atoms with van der Waals surface area (Å²) < 4.78 is 16.6. The molecular weight excluding hydrogens is 431 g/mol. The molecule has 9 heteroatoms. The fourth-order valence-corrected chi connectivity index (χ4v) is 3.87. The van der Waals surface area contributed by atoms with Crippen molar-refractivity contribution in [2.24, 2.45) is 0 Å². The van der Waals surface area contributed by atoms with Crippen LogP contribution in [0.5, 0.6) is 11.5 Å². The second-order valence-corrected chi connectivity index (χ2v) is 7.32. The van der Waals surface area contributed by atoms with Gasteiger partial charge in [-0.25, -0.2) is 9.59 Å². The van der Waals surface area contributed by atoms with Crippen molar-refractivity contribution in [1.82, 2.24) is 10.6 Å². The molecular formula is C21H28Cl2N2O5. The van der Waals surface area contributed by atoms with E-state index in [0.29, 0.717) is 48.0 Å². The van der Waals surface area contributed by atoms with Crippen LogP contribution in [0.15, 0.2) is 17.3 Å². The molecule has 0 saturated carbocycles. The summed E-state index contributed by atoms with van der Waals surface area (Å²) in [4.78, 5) is 25.3. The first-order valence-corrected chi connectivity index (χ1v) is 10.9. The third-order valence-electron chi connectivity index (χ3n) is 4.48. The zero-order chi connectivity index (χ0) is 22.3. The highest BCUT2D eigenvalue weighted by Crippen LogP contribution is 2.46. The van der Waals surface area contributed by atoms with Gasteiger partial charge in [-0.15, -0.1) is 0 Å². The maximum atomic E-state index is 12.9. The van der Waals surface area contributed by atoms with Crippen LogP contribution in [-0.2, 0) is 9.53 Å². The van der Waals surface area contributed by atoms with Crippen molar-refractivity contribution >= 4 is 35.2 Å². The van der Waals surface area contributed by atoms with Gasteiger partial charge >= 0.3 is 12.0 Å². The SMILES string of the molecule is CCCCC1=C(C(=O)OCC)C(c2cc(Cl)c(OCC)c(Cl)c2OCC)NC(=O)N1. The number of hydrogen-bond donors (Lipinski definition) is 2. The topological polar surface area (TPSA) is 85.9 Å². The van der Waals surface area contributed by atoms with E-state index in [0.717, 1.165) is 12.8 Å². The van der Waals surface area contributed by atoms with Crippen LogP contribution in [0.2, 0.25) is 10.0 Å². The van der Waals surface area contributed by atoms with Gasteiger partial charge in [-0.1, -0.05) is 36.5 Å². The largest absolute Gasteiger partial charge is 0.492 e. The van der Waals surface area contributed by atoms with Gasteiger partial charge in [0.25, 0.3) is 0 Å². The van der Waals surface area contributed by atoms with Gasteiger partial charge < -0.3 is 24.8 Å². The summed E-state index contributed by atoms with van der Waals surface area (Å²) in [5, 5.41) is 5.98. The molecule has 30 heavy (non-hydrogen) atoms. The normalized spacial score (nSPS) is 16.1. The number of nitrogens with one attached hydrogen (secondary N) is 2. The van der Waals surface area contributed by atoms with E-state index in [2.05, 4.69) is 10.6 Å². The van der Waals surface area contributed by atoms with Gasteiger partial charge in [0.05, 0.1) is 36.5 Å². The molecule has 2 amide bonds. The number of urea groups is 1. The molecule has 7 nitrogen and oxygen atoms in total. The lowest BCUT2D eigenvalue weighted by molar-refractivity contribution is -0.139. The van der Waals surface area contributed by atoms with Gasteiger partial charge in [0, 0.05) is 11.3 Å². The fourth-order valence-electron chi connectivity index (χ4n) is 3.24. The average molecular weight is 459 g/mol. The van der Waals surface area contributed by atoms with Crippen molar-refractivity contribution in [3.63, 3.8) is 0 Å². The Kier molecular flexibility index (Phi) is 9.11. The Hall–Kier alpha value is -2.12. The van der Waals surface area contributed by atoms with E-state index in [1.165, 1.54) is 0 Å². The van der Waals surface area contributed by atoms with Crippen LogP contribution < -0.4 is 20.1 Å². The van der Waals surface area contributed by atoms with Crippen LogP contribution in [0, 0.1) is 0 Å². The number of unbranched alkanes of at least 4 members (excludes halogenated alkanes) is 1. The third kappa shape index (κ3) is 5.32. The minimum atomic E-state index is -0.836. The van der Waals surface area contributed by atoms with Crippen molar-refractivity contribution < 1.29 is 23.8 Å². The molecule has 1 heterocycles. The monoisotopic (exact) mass is 458 g/mol. The number of allylic oxidation sites excluding steroid dienone is 1. The van der Waals surface area contributed by atoms with Crippen molar-refractivity contribution in [3.8, 4) is 11.5 Å². The lowest BCUT2D eigenvalue weighted by Gasteiger charge is -2.31. The molecule has 1 aromatic rings. The molecule has 0 spiro atoms.